The van der Waals surface area contributed by atoms with E-state index in [9.17, 15) is 19.5 Å². The number of rotatable bonds is 5. The van der Waals surface area contributed by atoms with E-state index in [1.807, 2.05) is 24.3 Å². The van der Waals surface area contributed by atoms with Crippen LogP contribution in [0.5, 0.6) is 5.75 Å². The Morgan fingerprint density at radius 2 is 1.84 bits per heavy atom. The van der Waals surface area contributed by atoms with Crippen molar-refractivity contribution in [1.29, 1.82) is 0 Å². The Balaban J connectivity index is 1.22. The zero-order valence-electron chi connectivity index (χ0n) is 24.6. The number of carbonyl (C=O) groups excluding carboxylic acids is 3. The molecule has 1 aliphatic rings. The minimum absolute atomic E-state index is 0.0819. The lowest BCUT2D eigenvalue weighted by molar-refractivity contribution is 0.0634. The fourth-order valence-corrected chi connectivity index (χ4v) is 5.80. The number of anilines is 3. The molecule has 12 heteroatoms. The summed E-state index contributed by atoms with van der Waals surface area (Å²) in [5.41, 5.74) is 2.47. The number of aromatic nitrogens is 3. The number of ether oxygens (including phenoxy) is 1. The van der Waals surface area contributed by atoms with Gasteiger partial charge >= 0.3 is 6.09 Å². The summed E-state index contributed by atoms with van der Waals surface area (Å²) in [5.74, 6) is -0.133. The molecule has 0 bridgehead atoms. The smallest absolute Gasteiger partial charge is 0.413 e. The molecule has 1 aliphatic heterocycles. The molecule has 0 radical (unpaired) electrons. The molecule has 44 heavy (non-hydrogen) atoms. The molecular weight excluding hydrogens is 584 g/mol. The first kappa shape index (κ1) is 29.1. The number of hydrogen-bond acceptors (Lipinski definition) is 6. The van der Waals surface area contributed by atoms with E-state index in [-0.39, 0.29) is 29.2 Å². The molecule has 3 heterocycles. The van der Waals surface area contributed by atoms with E-state index in [0.29, 0.717) is 40.4 Å². The molecule has 0 saturated heterocycles. The standard InChI is InChI=1S/C32H31ClN6O5/c1-32(2,3)44-31(43)37-26-16-38(4)28(36-26)29(41)34-19-9-10-22-17(11-19)12-23(35-22)30(42)39-15-18(14-33)27-21-8-6-5-7-20(21)25(40)13-24(27)39/h5-13,16,18,35,40H,14-15H2,1-4H3,(H,34,41)(H,37,43)/t18-/m1/s1. The number of halogens is 1. The van der Waals surface area contributed by atoms with E-state index < -0.39 is 17.6 Å². The Bertz CT molecular complexity index is 1960. The first-order valence-electron chi connectivity index (χ1n) is 14.0. The van der Waals surface area contributed by atoms with Gasteiger partial charge in [-0.1, -0.05) is 24.3 Å². The van der Waals surface area contributed by atoms with Gasteiger partial charge in [0.2, 0.25) is 5.82 Å². The zero-order chi connectivity index (χ0) is 31.3. The molecule has 0 aliphatic carbocycles. The molecule has 1 atom stereocenters. The predicted octanol–water partition coefficient (Wildman–Crippen LogP) is 6.34. The van der Waals surface area contributed by atoms with Crippen molar-refractivity contribution in [2.45, 2.75) is 32.3 Å². The van der Waals surface area contributed by atoms with E-state index in [1.54, 1.807) is 63.1 Å². The fraction of sp³-hybridized carbons (Fsp3) is 0.250. The first-order chi connectivity index (χ1) is 20.9. The van der Waals surface area contributed by atoms with E-state index in [2.05, 4.69) is 20.6 Å². The number of nitrogens with zero attached hydrogens (tertiary/aromatic N) is 3. The third kappa shape index (κ3) is 5.42. The topological polar surface area (TPSA) is 142 Å². The lowest BCUT2D eigenvalue weighted by atomic mass is 9.95. The van der Waals surface area contributed by atoms with Crippen molar-refractivity contribution >= 4 is 68.4 Å². The monoisotopic (exact) mass is 614 g/mol. The Kier molecular flexibility index (Phi) is 7.21. The van der Waals surface area contributed by atoms with Gasteiger partial charge in [-0.15, -0.1) is 11.6 Å². The molecule has 3 aromatic carbocycles. The minimum atomic E-state index is -0.677. The fourth-order valence-electron chi connectivity index (χ4n) is 5.55. The maximum absolute atomic E-state index is 13.8. The summed E-state index contributed by atoms with van der Waals surface area (Å²) in [7, 11) is 1.64. The highest BCUT2D eigenvalue weighted by Crippen LogP contribution is 2.45. The molecule has 226 valence electrons. The van der Waals surface area contributed by atoms with E-state index in [0.717, 1.165) is 16.3 Å². The van der Waals surface area contributed by atoms with Crippen molar-refractivity contribution in [3.8, 4) is 5.75 Å². The molecule has 3 amide bonds. The number of hydrogen-bond donors (Lipinski definition) is 4. The number of phenols is 1. The van der Waals surface area contributed by atoms with Crippen molar-refractivity contribution in [2.75, 3.05) is 28.0 Å². The summed E-state index contributed by atoms with van der Waals surface area (Å²) in [6, 6.07) is 16.1. The molecule has 6 rings (SSSR count). The van der Waals surface area contributed by atoms with Crippen LogP contribution >= 0.6 is 11.6 Å². The molecular formula is C32H31ClN6O5. The molecule has 4 N–H and O–H groups in total. The zero-order valence-corrected chi connectivity index (χ0v) is 25.3. The lowest BCUT2D eigenvalue weighted by Gasteiger charge is -2.18. The lowest BCUT2D eigenvalue weighted by Crippen LogP contribution is -2.30. The minimum Gasteiger partial charge on any atom is -0.507 e. The Labute approximate surface area is 257 Å². The van der Waals surface area contributed by atoms with E-state index in [1.165, 1.54) is 10.8 Å². The van der Waals surface area contributed by atoms with Crippen LogP contribution < -0.4 is 15.5 Å². The summed E-state index contributed by atoms with van der Waals surface area (Å²) >= 11 is 6.34. The van der Waals surface area contributed by atoms with Gasteiger partial charge in [0, 0.05) is 59.6 Å². The number of amides is 3. The van der Waals surface area contributed by atoms with Gasteiger partial charge in [0.25, 0.3) is 11.8 Å². The summed E-state index contributed by atoms with van der Waals surface area (Å²) < 4.78 is 6.74. The van der Waals surface area contributed by atoms with Crippen LogP contribution in [0.4, 0.5) is 22.0 Å². The largest absolute Gasteiger partial charge is 0.507 e. The van der Waals surface area contributed by atoms with Gasteiger partial charge in [0.05, 0.1) is 5.69 Å². The van der Waals surface area contributed by atoms with Crippen molar-refractivity contribution in [1.82, 2.24) is 14.5 Å². The van der Waals surface area contributed by atoms with Gasteiger partial charge in [0.1, 0.15) is 17.0 Å². The number of phenolic OH excluding ortho intramolecular Hbond substituents is 1. The maximum Gasteiger partial charge on any atom is 0.413 e. The third-order valence-electron chi connectivity index (χ3n) is 7.39. The quantitative estimate of drug-likeness (QED) is 0.170. The Hall–Kier alpha value is -5.03. The number of imidazole rings is 1. The highest BCUT2D eigenvalue weighted by atomic mass is 35.5. The molecule has 5 aromatic rings. The van der Waals surface area contributed by atoms with Crippen LogP contribution in [0.3, 0.4) is 0 Å². The Morgan fingerprint density at radius 1 is 1.09 bits per heavy atom. The average molecular weight is 615 g/mol. The third-order valence-corrected chi connectivity index (χ3v) is 7.77. The molecule has 2 aromatic heterocycles. The van der Waals surface area contributed by atoms with Gasteiger partial charge in [-0.2, -0.15) is 0 Å². The predicted molar refractivity (Wildman–Crippen MR) is 170 cm³/mol. The molecule has 0 unspecified atom stereocenters. The van der Waals surface area contributed by atoms with Crippen LogP contribution in [0.25, 0.3) is 21.7 Å². The SMILES string of the molecule is Cn1cc(NC(=O)OC(C)(C)C)nc1C(=O)Nc1ccc2[nH]c(C(=O)N3C[C@@H](CCl)c4c3cc(O)c3ccccc43)cc2c1. The van der Waals surface area contributed by atoms with Gasteiger partial charge < -0.3 is 29.6 Å². The van der Waals surface area contributed by atoms with Gasteiger partial charge in [0.15, 0.2) is 5.82 Å². The second-order valence-corrected chi connectivity index (χ2v) is 12.1. The second-order valence-electron chi connectivity index (χ2n) is 11.8. The number of nitrogens with one attached hydrogen (secondary N) is 3. The van der Waals surface area contributed by atoms with Crippen molar-refractivity contribution in [3.63, 3.8) is 0 Å². The van der Waals surface area contributed by atoms with Crippen molar-refractivity contribution in [2.24, 2.45) is 7.05 Å². The number of H-pyrrole nitrogens is 1. The number of fused-ring (bicyclic) bond motifs is 4. The molecule has 0 fully saturated rings. The summed E-state index contributed by atoms with van der Waals surface area (Å²) in [6.45, 7) is 5.63. The number of aromatic hydroxyl groups is 1. The Morgan fingerprint density at radius 3 is 2.57 bits per heavy atom. The van der Waals surface area contributed by atoms with Gasteiger partial charge in [-0.3, -0.25) is 14.9 Å². The van der Waals surface area contributed by atoms with Crippen LogP contribution in [-0.4, -0.2) is 55.6 Å². The highest BCUT2D eigenvalue weighted by molar-refractivity contribution is 6.19. The number of alkyl halides is 1. The number of carbonyl (C=O) groups is 3. The second kappa shape index (κ2) is 10.9. The summed E-state index contributed by atoms with van der Waals surface area (Å²) in [4.78, 5) is 48.0. The average Bonchev–Trinajstić information content (AvgIpc) is 3.66. The summed E-state index contributed by atoms with van der Waals surface area (Å²) in [6.07, 6.45) is 0.839. The van der Waals surface area contributed by atoms with Crippen LogP contribution in [0.15, 0.2) is 60.8 Å². The summed E-state index contributed by atoms with van der Waals surface area (Å²) in [5, 5.41) is 18.4. The first-order valence-corrected chi connectivity index (χ1v) is 14.5. The number of aromatic amines is 1. The van der Waals surface area contributed by atoms with Crippen molar-refractivity contribution < 1.29 is 24.2 Å². The number of benzene rings is 3. The normalized spacial score (nSPS) is 14.6. The molecule has 11 nitrogen and oxygen atoms in total. The number of aryl methyl sites for hydroxylation is 1. The van der Waals surface area contributed by atoms with Crippen LogP contribution in [0.1, 0.15) is 53.4 Å². The van der Waals surface area contributed by atoms with Crippen molar-refractivity contribution in [3.05, 3.63) is 77.9 Å². The maximum atomic E-state index is 13.8. The van der Waals surface area contributed by atoms with Crippen LogP contribution in [0, 0.1) is 0 Å². The van der Waals surface area contributed by atoms with E-state index >= 15 is 0 Å². The van der Waals surface area contributed by atoms with E-state index in [4.69, 9.17) is 16.3 Å². The van der Waals surface area contributed by atoms with Crippen LogP contribution in [0.2, 0.25) is 0 Å². The molecule has 0 spiro atoms. The molecule has 0 saturated carbocycles. The highest BCUT2D eigenvalue weighted by Gasteiger charge is 2.35. The van der Waals surface area contributed by atoms with Crippen LogP contribution in [-0.2, 0) is 11.8 Å². The van der Waals surface area contributed by atoms with Gasteiger partial charge in [-0.05, 0) is 56.0 Å². The van der Waals surface area contributed by atoms with Gasteiger partial charge in [-0.25, -0.2) is 9.78 Å².